The number of nitrogens with one attached hydrogen (secondary N) is 1. The Morgan fingerprint density at radius 2 is 1.92 bits per heavy atom. The Bertz CT molecular complexity index is 212. The summed E-state index contributed by atoms with van der Waals surface area (Å²) in [5.41, 5.74) is 5.39. The maximum atomic E-state index is 11.1. The second-order valence-electron chi connectivity index (χ2n) is 3.10. The lowest BCUT2D eigenvalue weighted by atomic mass is 9.85. The van der Waals surface area contributed by atoms with Crippen LogP contribution in [0.3, 0.4) is 0 Å². The molecule has 1 atom stereocenters. The number of hydrogen-bond donors (Lipinski definition) is 2. The smallest absolute Gasteiger partial charge is 0.0441 e. The van der Waals surface area contributed by atoms with Gasteiger partial charge in [0.1, 0.15) is 0 Å². The molecule has 6 heteroatoms. The van der Waals surface area contributed by atoms with E-state index in [-0.39, 0.29) is 30.1 Å². The van der Waals surface area contributed by atoms with Crippen LogP contribution in [0.15, 0.2) is 0 Å². The average molecular weight is 235 g/mol. The van der Waals surface area contributed by atoms with Crippen molar-refractivity contribution in [1.29, 1.82) is 4.78 Å². The summed E-state index contributed by atoms with van der Waals surface area (Å²) >= 11 is 0. The normalized spacial score (nSPS) is 31.8. The summed E-state index contributed by atoms with van der Waals surface area (Å²) in [5, 5.41) is 0.126. The van der Waals surface area contributed by atoms with E-state index < -0.39 is 9.73 Å². The molecule has 12 heavy (non-hydrogen) atoms. The van der Waals surface area contributed by atoms with E-state index in [0.717, 1.165) is 12.8 Å². The first-order chi connectivity index (χ1) is 4.54. The van der Waals surface area contributed by atoms with E-state index in [0.29, 0.717) is 12.5 Å². The van der Waals surface area contributed by atoms with Crippen molar-refractivity contribution in [1.82, 2.24) is 0 Å². The maximum absolute atomic E-state index is 11.1. The van der Waals surface area contributed by atoms with Gasteiger partial charge in [-0.1, -0.05) is 0 Å². The summed E-state index contributed by atoms with van der Waals surface area (Å²) in [5.74, 6) is 0.538. The van der Waals surface area contributed by atoms with Crippen molar-refractivity contribution in [2.75, 3.05) is 12.8 Å². The highest BCUT2D eigenvalue weighted by Crippen LogP contribution is 2.31. The molecule has 1 rings (SSSR count). The molecule has 0 heterocycles. The molecule has 0 amide bonds. The van der Waals surface area contributed by atoms with Gasteiger partial charge >= 0.3 is 0 Å². The van der Waals surface area contributed by atoms with Gasteiger partial charge in [0.2, 0.25) is 0 Å². The van der Waals surface area contributed by atoms with Gasteiger partial charge in [-0.25, -0.2) is 4.21 Å². The summed E-state index contributed by atoms with van der Waals surface area (Å²) in [6.45, 7) is 0.687. The first kappa shape index (κ1) is 15.0. The second-order valence-corrected chi connectivity index (χ2v) is 5.57. The Morgan fingerprint density at radius 1 is 1.50 bits per heavy atom. The Labute approximate surface area is 86.3 Å². The summed E-state index contributed by atoms with van der Waals surface area (Å²) in [7, 11) is -2.26. The summed E-state index contributed by atoms with van der Waals surface area (Å²) < 4.78 is 18.3. The van der Waals surface area contributed by atoms with Gasteiger partial charge in [0.15, 0.2) is 0 Å². The fourth-order valence-electron chi connectivity index (χ4n) is 1.23. The van der Waals surface area contributed by atoms with Crippen LogP contribution in [-0.2, 0) is 9.73 Å². The van der Waals surface area contributed by atoms with E-state index >= 15 is 0 Å². The molecule has 0 bridgehead atoms. The minimum Gasteiger partial charge on any atom is -0.330 e. The van der Waals surface area contributed by atoms with Gasteiger partial charge in [-0.05, 0) is 25.3 Å². The van der Waals surface area contributed by atoms with Crippen LogP contribution in [0.1, 0.15) is 12.8 Å². The molecule has 3 nitrogen and oxygen atoms in total. The third-order valence-electron chi connectivity index (χ3n) is 2.16. The van der Waals surface area contributed by atoms with Crippen LogP contribution in [0, 0.1) is 10.7 Å². The van der Waals surface area contributed by atoms with Crippen molar-refractivity contribution >= 4 is 34.5 Å². The minimum absolute atomic E-state index is 0. The van der Waals surface area contributed by atoms with E-state index in [1.165, 1.54) is 6.26 Å². The quantitative estimate of drug-likeness (QED) is 0.756. The largest absolute Gasteiger partial charge is 0.330 e. The Balaban J connectivity index is 0. The van der Waals surface area contributed by atoms with Crippen molar-refractivity contribution in [3.8, 4) is 0 Å². The lowest BCUT2D eigenvalue weighted by Gasteiger charge is -2.34. The molecule has 1 unspecified atom stereocenters. The van der Waals surface area contributed by atoms with E-state index in [1.807, 2.05) is 0 Å². The highest BCUT2D eigenvalue weighted by Gasteiger charge is 2.32. The fraction of sp³-hybridized carbons (Fsp3) is 1.00. The lowest BCUT2D eigenvalue weighted by Crippen LogP contribution is -2.38. The van der Waals surface area contributed by atoms with Crippen LogP contribution in [0.5, 0.6) is 0 Å². The first-order valence-electron chi connectivity index (χ1n) is 3.46. The van der Waals surface area contributed by atoms with Crippen molar-refractivity contribution in [3.63, 3.8) is 0 Å². The molecule has 76 valence electrons. The summed E-state index contributed by atoms with van der Waals surface area (Å²) in [6.07, 6.45) is 3.31. The zero-order valence-electron chi connectivity index (χ0n) is 6.99. The third-order valence-corrected chi connectivity index (χ3v) is 3.82. The minimum atomic E-state index is -2.26. The lowest BCUT2D eigenvalue weighted by molar-refractivity contribution is 0.331. The van der Waals surface area contributed by atoms with Gasteiger partial charge in [-0.15, -0.1) is 24.8 Å². The van der Waals surface area contributed by atoms with Crippen molar-refractivity contribution in [2.45, 2.75) is 18.1 Å². The first-order valence-corrected chi connectivity index (χ1v) is 5.49. The molecule has 0 aromatic carbocycles. The highest BCUT2D eigenvalue weighted by molar-refractivity contribution is 7.92. The van der Waals surface area contributed by atoms with Crippen LogP contribution in [-0.4, -0.2) is 22.3 Å². The predicted octanol–water partition coefficient (Wildman–Crippen LogP) is 1.24. The van der Waals surface area contributed by atoms with Crippen LogP contribution >= 0.6 is 24.8 Å². The number of nitrogens with two attached hydrogens (primary N) is 1. The molecule has 0 aromatic heterocycles. The molecule has 0 radical (unpaired) electrons. The van der Waals surface area contributed by atoms with Crippen LogP contribution in [0.2, 0.25) is 0 Å². The number of hydrogen-bond acceptors (Lipinski definition) is 3. The highest BCUT2D eigenvalue weighted by atomic mass is 35.5. The van der Waals surface area contributed by atoms with Crippen LogP contribution in [0.25, 0.3) is 0 Å². The van der Waals surface area contributed by atoms with E-state index in [1.54, 1.807) is 0 Å². The van der Waals surface area contributed by atoms with E-state index in [2.05, 4.69) is 0 Å². The maximum Gasteiger partial charge on any atom is 0.0441 e. The molecule has 0 aliphatic heterocycles. The van der Waals surface area contributed by atoms with E-state index in [4.69, 9.17) is 10.5 Å². The predicted molar refractivity (Wildman–Crippen MR) is 56.8 cm³/mol. The Hall–Kier alpha value is 0.490. The van der Waals surface area contributed by atoms with Crippen molar-refractivity contribution < 1.29 is 4.21 Å². The molecule has 1 aliphatic carbocycles. The zero-order valence-corrected chi connectivity index (χ0v) is 9.44. The third kappa shape index (κ3) is 3.47. The van der Waals surface area contributed by atoms with Crippen molar-refractivity contribution in [2.24, 2.45) is 11.7 Å². The Kier molecular flexibility index (Phi) is 6.58. The van der Waals surface area contributed by atoms with Gasteiger partial charge in [0, 0.05) is 21.2 Å². The standard InChI is InChI=1S/C6H14N2OS.2ClH/c1-10(8,9)6-2-5(3-6)4-7;;/h5-6,8H,2-4,7H2,1H3;2*1H. The molecule has 0 saturated heterocycles. The van der Waals surface area contributed by atoms with Gasteiger partial charge in [0.25, 0.3) is 0 Å². The fourth-order valence-corrected chi connectivity index (χ4v) is 2.51. The van der Waals surface area contributed by atoms with Crippen molar-refractivity contribution in [3.05, 3.63) is 0 Å². The van der Waals surface area contributed by atoms with Gasteiger partial charge < -0.3 is 5.73 Å². The molecule has 1 aliphatic rings. The van der Waals surface area contributed by atoms with Gasteiger partial charge in [-0.3, -0.25) is 4.78 Å². The molecule has 1 saturated carbocycles. The molecule has 0 aromatic rings. The Morgan fingerprint density at radius 3 is 2.17 bits per heavy atom. The van der Waals surface area contributed by atoms with Gasteiger partial charge in [0.05, 0.1) is 0 Å². The molecule has 1 fully saturated rings. The van der Waals surface area contributed by atoms with Gasteiger partial charge in [-0.2, -0.15) is 0 Å². The molecule has 0 spiro atoms. The second kappa shape index (κ2) is 5.27. The molecule has 3 N–H and O–H groups in total. The topological polar surface area (TPSA) is 66.9 Å². The van der Waals surface area contributed by atoms with Crippen LogP contribution < -0.4 is 5.73 Å². The summed E-state index contributed by atoms with van der Waals surface area (Å²) in [4.78, 5) is 0. The zero-order chi connectivity index (χ0) is 7.78. The molecular weight excluding hydrogens is 219 g/mol. The number of rotatable bonds is 2. The SMILES string of the molecule is CS(=N)(=O)C1CC(CN)C1.Cl.Cl. The molecular formula is C6H16Cl2N2OS. The average Bonchev–Trinajstić information content (AvgIpc) is 1.57. The number of halogens is 2. The van der Waals surface area contributed by atoms with Crippen LogP contribution in [0.4, 0.5) is 0 Å². The summed E-state index contributed by atoms with van der Waals surface area (Å²) in [6, 6.07) is 0. The monoisotopic (exact) mass is 234 g/mol. The van der Waals surface area contributed by atoms with E-state index in [9.17, 15) is 4.21 Å².